The quantitative estimate of drug-likeness (QED) is 0.669. The molecule has 0 unspecified atom stereocenters. The summed E-state index contributed by atoms with van der Waals surface area (Å²) in [7, 11) is 1.72. The Morgan fingerprint density at radius 3 is 2.89 bits per heavy atom. The van der Waals surface area contributed by atoms with E-state index >= 15 is 0 Å². The van der Waals surface area contributed by atoms with Crippen LogP contribution in [0.3, 0.4) is 0 Å². The van der Waals surface area contributed by atoms with E-state index in [-0.39, 0.29) is 11.5 Å². The number of hydrogen-bond donors (Lipinski definition) is 2. The average Bonchev–Trinajstić information content (AvgIpc) is 3.15. The Hall–Kier alpha value is -2.71. The minimum absolute atomic E-state index is 0.206. The number of amides is 1. The van der Waals surface area contributed by atoms with Crippen LogP contribution in [-0.2, 0) is 4.74 Å². The molecule has 0 spiro atoms. The lowest BCUT2D eigenvalue weighted by Gasteiger charge is -2.31. The molecule has 1 aromatic carbocycles. The van der Waals surface area contributed by atoms with Crippen LogP contribution in [-0.4, -0.2) is 65.3 Å². The first-order valence-corrected chi connectivity index (χ1v) is 9.65. The molecule has 1 aliphatic rings. The largest absolute Gasteiger partial charge is 0.383 e. The van der Waals surface area contributed by atoms with Gasteiger partial charge >= 0.3 is 0 Å². The van der Waals surface area contributed by atoms with Crippen LogP contribution in [0.5, 0.6) is 0 Å². The van der Waals surface area contributed by atoms with Gasteiger partial charge in [0.2, 0.25) is 0 Å². The Morgan fingerprint density at radius 1 is 1.32 bits per heavy atom. The number of fused-ring (bicyclic) bond motifs is 3. The third-order valence-corrected chi connectivity index (χ3v) is 5.49. The van der Waals surface area contributed by atoms with E-state index in [0.717, 1.165) is 39.1 Å². The van der Waals surface area contributed by atoms with E-state index in [0.29, 0.717) is 34.6 Å². The number of carbonyl (C=O) groups is 1. The zero-order chi connectivity index (χ0) is 19.5. The van der Waals surface area contributed by atoms with Crippen LogP contribution in [0, 0.1) is 5.92 Å². The van der Waals surface area contributed by atoms with Gasteiger partial charge in [-0.25, -0.2) is 4.52 Å². The number of H-pyrrole nitrogens is 1. The maximum Gasteiger partial charge on any atom is 0.259 e. The van der Waals surface area contributed by atoms with E-state index in [9.17, 15) is 9.59 Å². The molecule has 3 aromatic rings. The van der Waals surface area contributed by atoms with E-state index in [2.05, 4.69) is 20.3 Å². The third-order valence-electron chi connectivity index (χ3n) is 5.49. The number of hydrogen-bond acceptors (Lipinski definition) is 5. The molecule has 0 bridgehead atoms. The summed E-state index contributed by atoms with van der Waals surface area (Å²) in [6.07, 6.45) is 3.63. The molecule has 0 atom stereocenters. The predicted molar refractivity (Wildman–Crippen MR) is 107 cm³/mol. The number of benzene rings is 1. The van der Waals surface area contributed by atoms with Gasteiger partial charge in [-0.3, -0.25) is 9.59 Å². The van der Waals surface area contributed by atoms with Crippen LogP contribution >= 0.6 is 0 Å². The van der Waals surface area contributed by atoms with Gasteiger partial charge in [0.25, 0.3) is 11.5 Å². The smallest absolute Gasteiger partial charge is 0.259 e. The zero-order valence-corrected chi connectivity index (χ0v) is 16.0. The number of piperidine rings is 1. The monoisotopic (exact) mass is 383 g/mol. The van der Waals surface area contributed by atoms with Crippen LogP contribution in [0.25, 0.3) is 16.6 Å². The molecular weight excluding hydrogens is 358 g/mol. The predicted octanol–water partition coefficient (Wildman–Crippen LogP) is 1.26. The van der Waals surface area contributed by atoms with Gasteiger partial charge in [0, 0.05) is 20.2 Å². The number of carbonyl (C=O) groups excluding carboxylic acids is 1. The fourth-order valence-corrected chi connectivity index (χ4v) is 3.81. The standard InChI is InChI=1S/C20H25N5O3/c1-28-11-10-24-8-6-14(7-9-24)12-21-19(26)16-13-22-25-17-5-3-2-4-15(17)20(27)23-18(16)25/h2-5,13-14H,6-12H2,1H3,(H,21,26)(H,23,27). The van der Waals surface area contributed by atoms with Crippen molar-refractivity contribution in [1.82, 2.24) is 24.8 Å². The van der Waals surface area contributed by atoms with Crippen molar-refractivity contribution in [3.05, 3.63) is 46.4 Å². The second-order valence-corrected chi connectivity index (χ2v) is 7.28. The summed E-state index contributed by atoms with van der Waals surface area (Å²) in [6.45, 7) is 4.40. The van der Waals surface area contributed by atoms with Gasteiger partial charge < -0.3 is 19.9 Å². The van der Waals surface area contributed by atoms with E-state index in [4.69, 9.17) is 4.74 Å². The molecule has 0 radical (unpaired) electrons. The number of nitrogens with zero attached hydrogens (tertiary/aromatic N) is 3. The number of rotatable bonds is 6. The van der Waals surface area contributed by atoms with E-state index in [1.54, 1.807) is 23.8 Å². The van der Waals surface area contributed by atoms with E-state index in [1.807, 2.05) is 12.1 Å². The van der Waals surface area contributed by atoms with Crippen LogP contribution in [0.2, 0.25) is 0 Å². The lowest BCUT2D eigenvalue weighted by atomic mass is 9.97. The number of ether oxygens (including phenoxy) is 1. The Labute approximate surface area is 162 Å². The first kappa shape index (κ1) is 18.6. The van der Waals surface area contributed by atoms with Crippen molar-refractivity contribution in [3.63, 3.8) is 0 Å². The number of likely N-dealkylation sites (tertiary alicyclic amines) is 1. The molecule has 0 aliphatic carbocycles. The van der Waals surface area contributed by atoms with Crippen LogP contribution in [0.1, 0.15) is 23.2 Å². The summed E-state index contributed by atoms with van der Waals surface area (Å²) in [5.74, 6) is 0.257. The van der Waals surface area contributed by atoms with Gasteiger partial charge in [0.15, 0.2) is 0 Å². The molecule has 8 nitrogen and oxygen atoms in total. The Kier molecular flexibility index (Phi) is 5.40. The maximum atomic E-state index is 12.7. The molecule has 3 heterocycles. The molecule has 1 aliphatic heterocycles. The van der Waals surface area contributed by atoms with E-state index < -0.39 is 0 Å². The van der Waals surface area contributed by atoms with Crippen molar-refractivity contribution in [2.45, 2.75) is 12.8 Å². The van der Waals surface area contributed by atoms with Crippen molar-refractivity contribution < 1.29 is 9.53 Å². The second kappa shape index (κ2) is 8.12. The molecule has 148 valence electrons. The molecule has 8 heteroatoms. The third kappa shape index (κ3) is 3.65. The number of nitrogens with one attached hydrogen (secondary N) is 2. The summed E-state index contributed by atoms with van der Waals surface area (Å²) in [5.41, 5.74) is 1.28. The summed E-state index contributed by atoms with van der Waals surface area (Å²) < 4.78 is 6.74. The highest BCUT2D eigenvalue weighted by Crippen LogP contribution is 2.17. The number of aromatic amines is 1. The number of aromatic nitrogens is 3. The van der Waals surface area contributed by atoms with Gasteiger partial charge in [-0.15, -0.1) is 0 Å². The highest BCUT2D eigenvalue weighted by Gasteiger charge is 2.21. The van der Waals surface area contributed by atoms with Crippen LogP contribution in [0.4, 0.5) is 0 Å². The van der Waals surface area contributed by atoms with Gasteiger partial charge in [-0.05, 0) is 44.0 Å². The average molecular weight is 383 g/mol. The fraction of sp³-hybridized carbons (Fsp3) is 0.450. The Balaban J connectivity index is 1.43. The van der Waals surface area contributed by atoms with Crippen LogP contribution in [0.15, 0.2) is 35.3 Å². The van der Waals surface area contributed by atoms with Gasteiger partial charge in [-0.1, -0.05) is 12.1 Å². The highest BCUT2D eigenvalue weighted by atomic mass is 16.5. The topological polar surface area (TPSA) is 91.7 Å². The van der Waals surface area contributed by atoms with Gasteiger partial charge in [0.1, 0.15) is 11.2 Å². The lowest BCUT2D eigenvalue weighted by molar-refractivity contribution is 0.0927. The highest BCUT2D eigenvalue weighted by molar-refractivity contribution is 6.00. The lowest BCUT2D eigenvalue weighted by Crippen LogP contribution is -2.39. The SMILES string of the molecule is COCCN1CCC(CNC(=O)c2cnn3c2[nH]c(=O)c2ccccc23)CC1. The van der Waals surface area contributed by atoms with Crippen molar-refractivity contribution >= 4 is 22.5 Å². The summed E-state index contributed by atoms with van der Waals surface area (Å²) >= 11 is 0. The maximum absolute atomic E-state index is 12.7. The number of para-hydroxylation sites is 1. The van der Waals surface area contributed by atoms with Gasteiger partial charge in [-0.2, -0.15) is 5.10 Å². The number of methoxy groups -OCH3 is 1. The molecule has 2 aromatic heterocycles. The molecule has 1 amide bonds. The molecule has 4 rings (SSSR count). The Morgan fingerprint density at radius 2 is 2.11 bits per heavy atom. The first-order valence-electron chi connectivity index (χ1n) is 9.65. The normalized spacial score (nSPS) is 16.0. The fourth-order valence-electron chi connectivity index (χ4n) is 3.81. The summed E-state index contributed by atoms with van der Waals surface area (Å²) in [5, 5.41) is 7.87. The molecule has 28 heavy (non-hydrogen) atoms. The molecule has 1 fully saturated rings. The van der Waals surface area contributed by atoms with Crippen LogP contribution < -0.4 is 10.9 Å². The molecule has 1 saturated heterocycles. The van der Waals surface area contributed by atoms with Gasteiger partial charge in [0.05, 0.1) is 23.7 Å². The van der Waals surface area contributed by atoms with Crippen molar-refractivity contribution in [2.75, 3.05) is 39.9 Å². The summed E-state index contributed by atoms with van der Waals surface area (Å²) in [4.78, 5) is 30.2. The molecule has 2 N–H and O–H groups in total. The van der Waals surface area contributed by atoms with E-state index in [1.165, 1.54) is 6.20 Å². The van der Waals surface area contributed by atoms with Crippen molar-refractivity contribution in [3.8, 4) is 0 Å². The summed E-state index contributed by atoms with van der Waals surface area (Å²) in [6, 6.07) is 7.22. The second-order valence-electron chi connectivity index (χ2n) is 7.28. The molecule has 0 saturated carbocycles. The zero-order valence-electron chi connectivity index (χ0n) is 16.0. The minimum Gasteiger partial charge on any atom is -0.383 e. The minimum atomic E-state index is -0.221. The first-order chi connectivity index (χ1) is 13.7. The van der Waals surface area contributed by atoms with Crippen molar-refractivity contribution in [1.29, 1.82) is 0 Å². The van der Waals surface area contributed by atoms with Crippen molar-refractivity contribution in [2.24, 2.45) is 5.92 Å². The Bertz CT molecular complexity index is 1030. The molecular formula is C20H25N5O3.